The maximum absolute atomic E-state index is 11.7. The highest BCUT2D eigenvalue weighted by Crippen LogP contribution is 2.42. The second kappa shape index (κ2) is 4.59. The number of aromatic hydroxyl groups is 1. The highest BCUT2D eigenvalue weighted by molar-refractivity contribution is 7.10. The number of phenolic OH excluding ortho intramolecular Hbond substituents is 1. The van der Waals surface area contributed by atoms with Gasteiger partial charge in [0.05, 0.1) is 12.8 Å². The Hall–Kier alpha value is -2.01. The zero-order valence-corrected chi connectivity index (χ0v) is 11.2. The number of carbonyl (C=O) groups is 1. The topological polar surface area (TPSA) is 58.6 Å². The number of hydrogen-bond donors (Lipinski definition) is 2. The van der Waals surface area contributed by atoms with E-state index in [0.717, 1.165) is 16.1 Å². The summed E-state index contributed by atoms with van der Waals surface area (Å²) < 4.78 is 5.13. The Kier molecular flexibility index (Phi) is 2.91. The lowest BCUT2D eigenvalue weighted by Gasteiger charge is -2.23. The zero-order valence-electron chi connectivity index (χ0n) is 10.3. The van der Waals surface area contributed by atoms with Crippen LogP contribution in [0.5, 0.6) is 11.5 Å². The Morgan fingerprint density at radius 2 is 2.26 bits per heavy atom. The molecule has 0 fully saturated rings. The SMILES string of the molecule is COc1cc(C2CC(=O)Nc3ccsc32)ccc1O. The van der Waals surface area contributed by atoms with Gasteiger partial charge in [0.25, 0.3) is 0 Å². The van der Waals surface area contributed by atoms with Crippen LogP contribution in [0.4, 0.5) is 5.69 Å². The molecule has 0 saturated carbocycles. The summed E-state index contributed by atoms with van der Waals surface area (Å²) in [5.41, 5.74) is 1.87. The van der Waals surface area contributed by atoms with Crippen molar-refractivity contribution >= 4 is 22.9 Å². The molecule has 0 radical (unpaired) electrons. The highest BCUT2D eigenvalue weighted by atomic mass is 32.1. The maximum Gasteiger partial charge on any atom is 0.225 e. The molecule has 1 aliphatic heterocycles. The van der Waals surface area contributed by atoms with Crippen LogP contribution < -0.4 is 10.1 Å². The summed E-state index contributed by atoms with van der Waals surface area (Å²) in [5.74, 6) is 0.584. The number of thiophene rings is 1. The molecule has 3 rings (SSSR count). The van der Waals surface area contributed by atoms with Crippen molar-refractivity contribution in [3.63, 3.8) is 0 Å². The number of anilines is 1. The number of nitrogens with one attached hydrogen (secondary N) is 1. The first-order chi connectivity index (χ1) is 9.19. The lowest BCUT2D eigenvalue weighted by atomic mass is 9.90. The molecule has 0 spiro atoms. The lowest BCUT2D eigenvalue weighted by Crippen LogP contribution is -2.21. The number of fused-ring (bicyclic) bond motifs is 1. The van der Waals surface area contributed by atoms with Crippen LogP contribution in [0.2, 0.25) is 0 Å². The molecule has 19 heavy (non-hydrogen) atoms. The molecule has 2 heterocycles. The molecule has 2 aromatic rings. The van der Waals surface area contributed by atoms with Gasteiger partial charge in [0.15, 0.2) is 11.5 Å². The van der Waals surface area contributed by atoms with Gasteiger partial charge in [-0.3, -0.25) is 4.79 Å². The number of carbonyl (C=O) groups excluding carboxylic acids is 1. The van der Waals surface area contributed by atoms with Crippen molar-refractivity contribution in [3.8, 4) is 11.5 Å². The number of rotatable bonds is 2. The van der Waals surface area contributed by atoms with Crippen LogP contribution in [0, 0.1) is 0 Å². The summed E-state index contributed by atoms with van der Waals surface area (Å²) in [7, 11) is 1.52. The molecule has 0 aliphatic carbocycles. The minimum atomic E-state index is 0.0166. The Morgan fingerprint density at radius 3 is 3.05 bits per heavy atom. The summed E-state index contributed by atoms with van der Waals surface area (Å²) in [5, 5.41) is 14.5. The fourth-order valence-corrected chi connectivity index (χ4v) is 3.33. The first kappa shape index (κ1) is 12.0. The third-order valence-electron chi connectivity index (χ3n) is 3.28. The van der Waals surface area contributed by atoms with Gasteiger partial charge in [0.1, 0.15) is 0 Å². The van der Waals surface area contributed by atoms with Crippen LogP contribution in [0.25, 0.3) is 0 Å². The number of amides is 1. The van der Waals surface area contributed by atoms with Crippen molar-refractivity contribution in [1.29, 1.82) is 0 Å². The zero-order chi connectivity index (χ0) is 13.4. The van der Waals surface area contributed by atoms with Crippen molar-refractivity contribution < 1.29 is 14.6 Å². The molecular weight excluding hydrogens is 262 g/mol. The Bertz CT molecular complexity index is 635. The predicted molar refractivity (Wildman–Crippen MR) is 74.1 cm³/mol. The Labute approximate surface area is 114 Å². The van der Waals surface area contributed by atoms with E-state index < -0.39 is 0 Å². The van der Waals surface area contributed by atoms with E-state index in [-0.39, 0.29) is 17.6 Å². The van der Waals surface area contributed by atoms with Crippen LogP contribution in [0.15, 0.2) is 29.6 Å². The first-order valence-electron chi connectivity index (χ1n) is 5.93. The molecule has 1 atom stereocenters. The van der Waals surface area contributed by atoms with Crippen LogP contribution in [-0.2, 0) is 4.79 Å². The fourth-order valence-electron chi connectivity index (χ4n) is 2.35. The summed E-state index contributed by atoms with van der Waals surface area (Å²) in [6.45, 7) is 0. The first-order valence-corrected chi connectivity index (χ1v) is 6.81. The number of phenols is 1. The number of hydrogen-bond acceptors (Lipinski definition) is 4. The summed E-state index contributed by atoms with van der Waals surface area (Å²) in [6, 6.07) is 7.16. The van der Waals surface area contributed by atoms with Crippen LogP contribution in [0.3, 0.4) is 0 Å². The number of methoxy groups -OCH3 is 1. The molecule has 2 N–H and O–H groups in total. The van der Waals surface area contributed by atoms with Gasteiger partial charge < -0.3 is 15.2 Å². The summed E-state index contributed by atoms with van der Waals surface area (Å²) in [6.07, 6.45) is 0.418. The lowest BCUT2D eigenvalue weighted by molar-refractivity contribution is -0.116. The maximum atomic E-state index is 11.7. The van der Waals surface area contributed by atoms with E-state index in [4.69, 9.17) is 4.74 Å². The van der Waals surface area contributed by atoms with Gasteiger partial charge >= 0.3 is 0 Å². The smallest absolute Gasteiger partial charge is 0.225 e. The fraction of sp³-hybridized carbons (Fsp3) is 0.214. The number of benzene rings is 1. The van der Waals surface area contributed by atoms with E-state index >= 15 is 0 Å². The second-order valence-electron chi connectivity index (χ2n) is 4.43. The van der Waals surface area contributed by atoms with Gasteiger partial charge in [0, 0.05) is 17.2 Å². The molecular formula is C14H13NO3S. The van der Waals surface area contributed by atoms with Crippen molar-refractivity contribution in [1.82, 2.24) is 0 Å². The van der Waals surface area contributed by atoms with Crippen LogP contribution in [0.1, 0.15) is 22.8 Å². The van der Waals surface area contributed by atoms with E-state index in [1.165, 1.54) is 7.11 Å². The van der Waals surface area contributed by atoms with Gasteiger partial charge in [-0.25, -0.2) is 0 Å². The molecule has 1 aliphatic rings. The van der Waals surface area contributed by atoms with Crippen LogP contribution in [-0.4, -0.2) is 18.1 Å². The van der Waals surface area contributed by atoms with Crippen molar-refractivity contribution in [3.05, 3.63) is 40.1 Å². The largest absolute Gasteiger partial charge is 0.504 e. The molecule has 1 aromatic heterocycles. The minimum Gasteiger partial charge on any atom is -0.504 e. The average Bonchev–Trinajstić information content (AvgIpc) is 2.86. The Morgan fingerprint density at radius 1 is 1.42 bits per heavy atom. The summed E-state index contributed by atoms with van der Waals surface area (Å²) in [4.78, 5) is 12.9. The minimum absolute atomic E-state index is 0.0166. The van der Waals surface area contributed by atoms with Gasteiger partial charge in [-0.15, -0.1) is 11.3 Å². The van der Waals surface area contributed by atoms with Gasteiger partial charge in [-0.05, 0) is 29.1 Å². The predicted octanol–water partition coefficient (Wildman–Crippen LogP) is 2.94. The average molecular weight is 275 g/mol. The summed E-state index contributed by atoms with van der Waals surface area (Å²) >= 11 is 1.63. The van der Waals surface area contributed by atoms with Crippen LogP contribution >= 0.6 is 11.3 Å². The van der Waals surface area contributed by atoms with E-state index in [1.54, 1.807) is 23.5 Å². The standard InChI is InChI=1S/C14H13NO3S/c1-18-12-6-8(2-3-11(12)16)9-7-13(17)15-10-4-5-19-14(9)10/h2-6,9,16H,7H2,1H3,(H,15,17). The van der Waals surface area contributed by atoms with Gasteiger partial charge in [-0.1, -0.05) is 6.07 Å². The molecule has 98 valence electrons. The monoisotopic (exact) mass is 275 g/mol. The van der Waals surface area contributed by atoms with E-state index in [2.05, 4.69) is 5.32 Å². The molecule has 1 aromatic carbocycles. The van der Waals surface area contributed by atoms with Gasteiger partial charge in [-0.2, -0.15) is 0 Å². The van der Waals surface area contributed by atoms with E-state index in [9.17, 15) is 9.90 Å². The molecule has 5 heteroatoms. The molecule has 1 unspecified atom stereocenters. The molecule has 4 nitrogen and oxygen atoms in total. The highest BCUT2D eigenvalue weighted by Gasteiger charge is 2.28. The van der Waals surface area contributed by atoms with E-state index in [0.29, 0.717) is 12.2 Å². The van der Waals surface area contributed by atoms with Crippen molar-refractivity contribution in [2.45, 2.75) is 12.3 Å². The normalized spacial score (nSPS) is 17.7. The number of ether oxygens (including phenoxy) is 1. The van der Waals surface area contributed by atoms with E-state index in [1.807, 2.05) is 17.5 Å². The molecule has 0 bridgehead atoms. The quantitative estimate of drug-likeness (QED) is 0.886. The van der Waals surface area contributed by atoms with Crippen molar-refractivity contribution in [2.75, 3.05) is 12.4 Å². The Balaban J connectivity index is 2.06. The second-order valence-corrected chi connectivity index (χ2v) is 5.38. The molecule has 0 saturated heterocycles. The van der Waals surface area contributed by atoms with Gasteiger partial charge in [0.2, 0.25) is 5.91 Å². The molecule has 1 amide bonds. The third kappa shape index (κ3) is 2.06. The third-order valence-corrected chi connectivity index (χ3v) is 4.31. The van der Waals surface area contributed by atoms with Crippen molar-refractivity contribution in [2.24, 2.45) is 0 Å².